The van der Waals surface area contributed by atoms with E-state index in [9.17, 15) is 13.2 Å². The van der Waals surface area contributed by atoms with Gasteiger partial charge in [0.1, 0.15) is 0 Å². The van der Waals surface area contributed by atoms with Crippen LogP contribution < -0.4 is 10.0 Å². The highest BCUT2D eigenvalue weighted by Gasteiger charge is 2.26. The molecule has 7 heteroatoms. The molecule has 0 radical (unpaired) electrons. The van der Waals surface area contributed by atoms with Crippen LogP contribution in [0.5, 0.6) is 0 Å². The molecule has 0 fully saturated rings. The molecule has 118 valence electrons. The molecule has 1 aromatic carbocycles. The largest absolute Gasteiger partial charge is 0.438 e. The molecule has 0 unspecified atom stereocenters. The molecule has 0 aliphatic carbocycles. The highest BCUT2D eigenvalue weighted by molar-refractivity contribution is 7.89. The third-order valence-corrected chi connectivity index (χ3v) is 4.17. The fourth-order valence-corrected chi connectivity index (χ4v) is 3.11. The second-order valence-corrected chi connectivity index (χ2v) is 7.41. The minimum Gasteiger partial charge on any atom is -0.438 e. The van der Waals surface area contributed by atoms with Crippen LogP contribution in [-0.2, 0) is 10.0 Å². The van der Waals surface area contributed by atoms with Crippen LogP contribution in [0.2, 0.25) is 0 Å². The lowest BCUT2D eigenvalue weighted by atomic mass is 10.1. The van der Waals surface area contributed by atoms with E-state index < -0.39 is 21.5 Å². The summed E-state index contributed by atoms with van der Waals surface area (Å²) >= 11 is 0. The number of hydrogen-bond donors (Lipinski definition) is 2. The van der Waals surface area contributed by atoms with Crippen molar-refractivity contribution in [3.05, 3.63) is 48.2 Å². The zero-order valence-corrected chi connectivity index (χ0v) is 13.4. The predicted octanol–water partition coefficient (Wildman–Crippen LogP) is 2.61. The van der Waals surface area contributed by atoms with Crippen molar-refractivity contribution in [1.82, 2.24) is 4.72 Å². The smallest absolute Gasteiger partial charge is 0.291 e. The van der Waals surface area contributed by atoms with Gasteiger partial charge >= 0.3 is 0 Å². The van der Waals surface area contributed by atoms with Gasteiger partial charge in [0.15, 0.2) is 5.76 Å². The standard InChI is InChI=1S/C15H18N2O4S/c1-15(2,3)17-22(19,20)13-10-9-12(21-13)14(18)16-11-7-5-4-6-8-11/h4-10,17H,1-3H3,(H,16,18). The average Bonchev–Trinajstić information content (AvgIpc) is 2.87. The van der Waals surface area contributed by atoms with E-state index in [2.05, 4.69) is 10.0 Å². The van der Waals surface area contributed by atoms with Gasteiger partial charge in [-0.25, -0.2) is 13.1 Å². The molecule has 2 rings (SSSR count). The molecule has 0 spiro atoms. The molecule has 0 aliphatic rings. The van der Waals surface area contributed by atoms with Crippen molar-refractivity contribution in [3.8, 4) is 0 Å². The normalized spacial score (nSPS) is 12.1. The van der Waals surface area contributed by atoms with Gasteiger partial charge in [-0.15, -0.1) is 0 Å². The van der Waals surface area contributed by atoms with Crippen LogP contribution in [-0.4, -0.2) is 19.9 Å². The van der Waals surface area contributed by atoms with Crippen molar-refractivity contribution in [2.75, 3.05) is 5.32 Å². The Morgan fingerprint density at radius 2 is 1.68 bits per heavy atom. The van der Waals surface area contributed by atoms with Crippen molar-refractivity contribution in [2.24, 2.45) is 0 Å². The van der Waals surface area contributed by atoms with Crippen molar-refractivity contribution < 1.29 is 17.6 Å². The third kappa shape index (κ3) is 4.19. The number of furan rings is 1. The number of carbonyl (C=O) groups excluding carboxylic acids is 1. The van der Waals surface area contributed by atoms with Gasteiger partial charge in [0, 0.05) is 11.2 Å². The molecule has 0 bridgehead atoms. The number of para-hydroxylation sites is 1. The second kappa shape index (κ2) is 5.94. The highest BCUT2D eigenvalue weighted by Crippen LogP contribution is 2.17. The van der Waals surface area contributed by atoms with Crippen LogP contribution in [0, 0.1) is 0 Å². The second-order valence-electron chi connectivity index (χ2n) is 5.79. The van der Waals surface area contributed by atoms with Gasteiger partial charge in [0.25, 0.3) is 15.9 Å². The molecule has 1 amide bonds. The molecular formula is C15H18N2O4S. The van der Waals surface area contributed by atoms with Crippen molar-refractivity contribution in [2.45, 2.75) is 31.4 Å². The Morgan fingerprint density at radius 1 is 1.05 bits per heavy atom. The third-order valence-electron chi connectivity index (χ3n) is 2.54. The summed E-state index contributed by atoms with van der Waals surface area (Å²) in [7, 11) is -3.80. The zero-order chi connectivity index (χ0) is 16.4. The summed E-state index contributed by atoms with van der Waals surface area (Å²) in [5.41, 5.74) is -0.0425. The molecule has 2 aromatic rings. The molecule has 22 heavy (non-hydrogen) atoms. The zero-order valence-electron chi connectivity index (χ0n) is 12.6. The van der Waals surface area contributed by atoms with Gasteiger partial charge in [-0.1, -0.05) is 18.2 Å². The lowest BCUT2D eigenvalue weighted by Crippen LogP contribution is -2.40. The molecule has 2 N–H and O–H groups in total. The van der Waals surface area contributed by atoms with E-state index in [0.717, 1.165) is 0 Å². The summed E-state index contributed by atoms with van der Waals surface area (Å²) in [6.45, 7) is 5.16. The molecule has 1 aromatic heterocycles. The summed E-state index contributed by atoms with van der Waals surface area (Å²) < 4.78 is 31.8. The average molecular weight is 322 g/mol. The molecule has 0 saturated heterocycles. The van der Waals surface area contributed by atoms with Crippen molar-refractivity contribution in [1.29, 1.82) is 0 Å². The number of hydrogen-bond acceptors (Lipinski definition) is 4. The fourth-order valence-electron chi connectivity index (χ4n) is 1.75. The van der Waals surface area contributed by atoms with E-state index in [1.165, 1.54) is 12.1 Å². The minimum absolute atomic E-state index is 0.0712. The number of benzene rings is 1. The molecule has 0 aliphatic heterocycles. The van der Waals surface area contributed by atoms with E-state index in [0.29, 0.717) is 5.69 Å². The highest BCUT2D eigenvalue weighted by atomic mass is 32.2. The van der Waals surface area contributed by atoms with Crippen LogP contribution in [0.15, 0.2) is 52.0 Å². The van der Waals surface area contributed by atoms with E-state index in [1.54, 1.807) is 45.0 Å². The summed E-state index contributed by atoms with van der Waals surface area (Å²) in [5, 5.41) is 2.33. The van der Waals surface area contributed by atoms with E-state index in [4.69, 9.17) is 4.42 Å². The van der Waals surface area contributed by atoms with Crippen LogP contribution in [0.3, 0.4) is 0 Å². The van der Waals surface area contributed by atoms with Gasteiger partial charge in [-0.3, -0.25) is 4.79 Å². The van der Waals surface area contributed by atoms with Gasteiger partial charge in [0.05, 0.1) is 0 Å². The van der Waals surface area contributed by atoms with Crippen molar-refractivity contribution in [3.63, 3.8) is 0 Å². The maximum Gasteiger partial charge on any atom is 0.291 e. The van der Waals surface area contributed by atoms with Gasteiger partial charge in [0.2, 0.25) is 5.09 Å². The fraction of sp³-hybridized carbons (Fsp3) is 0.267. The topological polar surface area (TPSA) is 88.4 Å². The van der Waals surface area contributed by atoms with Crippen LogP contribution in [0.25, 0.3) is 0 Å². The SMILES string of the molecule is CC(C)(C)NS(=O)(=O)c1ccc(C(=O)Nc2ccccc2)o1. The first-order valence-electron chi connectivity index (χ1n) is 6.68. The van der Waals surface area contributed by atoms with E-state index in [1.807, 2.05) is 6.07 Å². The van der Waals surface area contributed by atoms with Crippen LogP contribution in [0.4, 0.5) is 5.69 Å². The summed E-state index contributed by atoms with van der Waals surface area (Å²) in [6.07, 6.45) is 0. The maximum absolute atomic E-state index is 12.1. The predicted molar refractivity (Wildman–Crippen MR) is 83.2 cm³/mol. The van der Waals surface area contributed by atoms with E-state index in [-0.39, 0.29) is 10.9 Å². The lowest BCUT2D eigenvalue weighted by molar-refractivity contribution is 0.0991. The Balaban J connectivity index is 2.16. The number of carbonyl (C=O) groups is 1. The van der Waals surface area contributed by atoms with Gasteiger partial charge < -0.3 is 9.73 Å². The monoisotopic (exact) mass is 322 g/mol. The Bertz CT molecular complexity index is 758. The first-order chi connectivity index (χ1) is 10.2. The summed E-state index contributed by atoms with van der Waals surface area (Å²) in [6, 6.07) is 11.4. The minimum atomic E-state index is -3.80. The first-order valence-corrected chi connectivity index (χ1v) is 8.16. The Hall–Kier alpha value is -2.12. The molecular weight excluding hydrogens is 304 g/mol. The Morgan fingerprint density at radius 3 is 2.27 bits per heavy atom. The quantitative estimate of drug-likeness (QED) is 0.905. The molecule has 6 nitrogen and oxygen atoms in total. The molecule has 1 heterocycles. The number of sulfonamides is 1. The van der Waals surface area contributed by atoms with Crippen molar-refractivity contribution >= 4 is 21.6 Å². The lowest BCUT2D eigenvalue weighted by Gasteiger charge is -2.18. The van der Waals surface area contributed by atoms with Gasteiger partial charge in [-0.05, 0) is 45.0 Å². The summed E-state index contributed by atoms with van der Waals surface area (Å²) in [5.74, 6) is -0.582. The number of anilines is 1. The summed E-state index contributed by atoms with van der Waals surface area (Å²) in [4.78, 5) is 12.0. The van der Waals surface area contributed by atoms with Crippen LogP contribution >= 0.6 is 0 Å². The molecule has 0 saturated carbocycles. The number of nitrogens with one attached hydrogen (secondary N) is 2. The van der Waals surface area contributed by atoms with E-state index >= 15 is 0 Å². The van der Waals surface area contributed by atoms with Gasteiger partial charge in [-0.2, -0.15) is 0 Å². The number of amides is 1. The number of rotatable bonds is 4. The maximum atomic E-state index is 12.1. The first kappa shape index (κ1) is 16.3. The Kier molecular flexibility index (Phi) is 4.39. The Labute approximate surface area is 129 Å². The van der Waals surface area contributed by atoms with Crippen LogP contribution in [0.1, 0.15) is 31.3 Å². The molecule has 0 atom stereocenters.